The van der Waals surface area contributed by atoms with Gasteiger partial charge in [-0.2, -0.15) is 13.2 Å². The number of alkyl halides is 3. The number of ether oxygens (including phenoxy) is 1. The van der Waals surface area contributed by atoms with E-state index in [1.807, 2.05) is 0 Å². The first-order valence-corrected chi connectivity index (χ1v) is 9.90. The van der Waals surface area contributed by atoms with E-state index in [0.717, 1.165) is 34.8 Å². The first-order chi connectivity index (χ1) is 13.4. The quantitative estimate of drug-likeness (QED) is 0.712. The molecular weight excluding hydrogens is 413 g/mol. The van der Waals surface area contributed by atoms with Gasteiger partial charge in [0.25, 0.3) is 0 Å². The van der Waals surface area contributed by atoms with Crippen molar-refractivity contribution in [2.24, 2.45) is 0 Å². The van der Waals surface area contributed by atoms with Gasteiger partial charge in [-0.25, -0.2) is 13.2 Å². The summed E-state index contributed by atoms with van der Waals surface area (Å²) in [5.41, 5.74) is -0.474. The van der Waals surface area contributed by atoms with Crippen LogP contribution in [0.25, 0.3) is 0 Å². The van der Waals surface area contributed by atoms with Crippen LogP contribution in [0.1, 0.15) is 15.9 Å². The Balaban J connectivity index is 2.16. The largest absolute Gasteiger partial charge is 0.465 e. The normalized spacial score (nSPS) is 11.6. The molecule has 0 spiro atoms. The topological polar surface area (TPSA) is 92.8 Å². The third kappa shape index (κ3) is 5.95. The Hall–Kier alpha value is -3.08. The van der Waals surface area contributed by atoms with E-state index >= 15 is 0 Å². The van der Waals surface area contributed by atoms with Gasteiger partial charge in [0, 0.05) is 5.69 Å². The van der Waals surface area contributed by atoms with E-state index in [9.17, 15) is 31.2 Å². The minimum absolute atomic E-state index is 0.0810. The lowest BCUT2D eigenvalue weighted by Crippen LogP contribution is -2.37. The molecule has 0 unspecified atom stereocenters. The monoisotopic (exact) mass is 430 g/mol. The van der Waals surface area contributed by atoms with E-state index < -0.39 is 40.2 Å². The Morgan fingerprint density at radius 1 is 1.03 bits per heavy atom. The summed E-state index contributed by atoms with van der Waals surface area (Å²) in [6.45, 7) is -0.614. The van der Waals surface area contributed by atoms with Crippen molar-refractivity contribution in [3.63, 3.8) is 0 Å². The van der Waals surface area contributed by atoms with E-state index in [2.05, 4.69) is 10.1 Å². The van der Waals surface area contributed by atoms with Gasteiger partial charge in [-0.05, 0) is 48.5 Å². The minimum atomic E-state index is -4.51. The zero-order valence-electron chi connectivity index (χ0n) is 15.4. The van der Waals surface area contributed by atoms with Gasteiger partial charge in [0.1, 0.15) is 6.54 Å². The molecule has 0 atom stereocenters. The number of hydrogen-bond donors (Lipinski definition) is 1. The van der Waals surface area contributed by atoms with E-state index in [4.69, 9.17) is 0 Å². The zero-order chi connectivity index (χ0) is 21.8. The molecule has 2 aromatic rings. The van der Waals surface area contributed by atoms with Crippen molar-refractivity contribution >= 4 is 33.3 Å². The van der Waals surface area contributed by atoms with Gasteiger partial charge in [0.05, 0.1) is 30.2 Å². The Bertz CT molecular complexity index is 988. The molecule has 0 aromatic heterocycles. The fourth-order valence-electron chi connectivity index (χ4n) is 2.36. The highest BCUT2D eigenvalue weighted by molar-refractivity contribution is 7.92. The van der Waals surface area contributed by atoms with Crippen LogP contribution in [0.5, 0.6) is 0 Å². The summed E-state index contributed by atoms with van der Waals surface area (Å²) >= 11 is 0. The van der Waals surface area contributed by atoms with Gasteiger partial charge in [-0.15, -0.1) is 0 Å². The molecule has 1 N–H and O–H groups in total. The van der Waals surface area contributed by atoms with Gasteiger partial charge in [0.15, 0.2) is 0 Å². The van der Waals surface area contributed by atoms with E-state index in [0.29, 0.717) is 0 Å². The molecule has 0 aliphatic heterocycles. The molecule has 0 bridgehead atoms. The van der Waals surface area contributed by atoms with Crippen LogP contribution in [0.15, 0.2) is 48.5 Å². The summed E-state index contributed by atoms with van der Waals surface area (Å²) in [7, 11) is -2.66. The number of rotatable bonds is 6. The summed E-state index contributed by atoms with van der Waals surface area (Å²) in [4.78, 5) is 23.7. The SMILES string of the molecule is COC(=O)c1ccc(N(CC(=O)Nc2ccc(C(F)(F)F)cc2)S(C)(=O)=O)cc1. The van der Waals surface area contributed by atoms with Crippen molar-refractivity contribution < 1.29 is 35.9 Å². The Morgan fingerprint density at radius 3 is 2.03 bits per heavy atom. The molecule has 0 fully saturated rings. The maximum absolute atomic E-state index is 12.6. The number of carbonyl (C=O) groups excluding carboxylic acids is 2. The Morgan fingerprint density at radius 2 is 1.59 bits per heavy atom. The van der Waals surface area contributed by atoms with Crippen LogP contribution >= 0.6 is 0 Å². The van der Waals surface area contributed by atoms with Crippen LogP contribution in [0, 0.1) is 0 Å². The van der Waals surface area contributed by atoms with Crippen molar-refractivity contribution in [1.29, 1.82) is 0 Å². The minimum Gasteiger partial charge on any atom is -0.465 e. The number of hydrogen-bond acceptors (Lipinski definition) is 5. The van der Waals surface area contributed by atoms with Crippen molar-refractivity contribution in [2.45, 2.75) is 6.18 Å². The standard InChI is InChI=1S/C18H17F3N2O5S/c1-28-17(25)12-3-9-15(10-4-12)23(29(2,26)27)11-16(24)22-14-7-5-13(6-8-14)18(19,20)21/h3-10H,11H2,1-2H3,(H,22,24). The zero-order valence-corrected chi connectivity index (χ0v) is 16.2. The number of esters is 1. The van der Waals surface area contributed by atoms with Crippen molar-refractivity contribution in [2.75, 3.05) is 29.5 Å². The predicted molar refractivity (Wildman–Crippen MR) is 100 cm³/mol. The van der Waals surface area contributed by atoms with Crippen LogP contribution < -0.4 is 9.62 Å². The summed E-state index contributed by atoms with van der Waals surface area (Å²) < 4.78 is 67.3. The summed E-state index contributed by atoms with van der Waals surface area (Å²) in [5, 5.41) is 2.35. The molecule has 0 aliphatic rings. The van der Waals surface area contributed by atoms with Crippen LogP contribution in [0.3, 0.4) is 0 Å². The first-order valence-electron chi connectivity index (χ1n) is 8.05. The Labute approximate surface area is 165 Å². The van der Waals surface area contributed by atoms with E-state index in [1.54, 1.807) is 0 Å². The van der Waals surface area contributed by atoms with E-state index in [1.165, 1.54) is 31.4 Å². The lowest BCUT2D eigenvalue weighted by Gasteiger charge is -2.22. The van der Waals surface area contributed by atoms with Gasteiger partial charge in [0.2, 0.25) is 15.9 Å². The molecule has 29 heavy (non-hydrogen) atoms. The number of halogens is 3. The molecule has 1 amide bonds. The number of benzene rings is 2. The number of sulfonamides is 1. The number of nitrogens with one attached hydrogen (secondary N) is 1. The smallest absolute Gasteiger partial charge is 0.416 e. The molecule has 2 rings (SSSR count). The van der Waals surface area contributed by atoms with Gasteiger partial charge in [-0.1, -0.05) is 0 Å². The second-order valence-corrected chi connectivity index (χ2v) is 7.84. The van der Waals surface area contributed by atoms with Gasteiger partial charge >= 0.3 is 12.1 Å². The molecule has 156 valence electrons. The second kappa shape index (κ2) is 8.52. The van der Waals surface area contributed by atoms with Gasteiger partial charge in [-0.3, -0.25) is 9.10 Å². The Kier molecular flexibility index (Phi) is 6.52. The highest BCUT2D eigenvalue weighted by atomic mass is 32.2. The molecule has 11 heteroatoms. The number of amides is 1. The molecule has 0 radical (unpaired) electrons. The maximum atomic E-state index is 12.6. The highest BCUT2D eigenvalue weighted by Gasteiger charge is 2.30. The first kappa shape index (κ1) is 22.2. The molecular formula is C18H17F3N2O5S. The fraction of sp³-hybridized carbons (Fsp3) is 0.222. The molecule has 0 saturated heterocycles. The molecule has 0 heterocycles. The van der Waals surface area contributed by atoms with Crippen molar-refractivity contribution in [3.05, 3.63) is 59.7 Å². The van der Waals surface area contributed by atoms with Crippen LogP contribution in [-0.4, -0.2) is 40.2 Å². The molecule has 0 aliphatic carbocycles. The van der Waals surface area contributed by atoms with Crippen molar-refractivity contribution in [1.82, 2.24) is 0 Å². The summed E-state index contributed by atoms with van der Waals surface area (Å²) in [6, 6.07) is 9.08. The number of carbonyl (C=O) groups is 2. The van der Waals surface area contributed by atoms with Crippen molar-refractivity contribution in [3.8, 4) is 0 Å². The molecule has 2 aromatic carbocycles. The third-order valence-electron chi connectivity index (χ3n) is 3.76. The summed E-state index contributed by atoms with van der Waals surface area (Å²) in [5.74, 6) is -1.37. The van der Waals surface area contributed by atoms with Crippen LogP contribution in [-0.2, 0) is 25.7 Å². The average molecular weight is 430 g/mol. The third-order valence-corrected chi connectivity index (χ3v) is 4.90. The van der Waals surface area contributed by atoms with E-state index in [-0.39, 0.29) is 16.9 Å². The molecule has 7 nitrogen and oxygen atoms in total. The predicted octanol–water partition coefficient (Wildman–Crippen LogP) is 2.90. The lowest BCUT2D eigenvalue weighted by atomic mass is 10.2. The van der Waals surface area contributed by atoms with Gasteiger partial charge < -0.3 is 10.1 Å². The van der Waals surface area contributed by atoms with Crippen LogP contribution in [0.4, 0.5) is 24.5 Å². The van der Waals surface area contributed by atoms with Crippen LogP contribution in [0.2, 0.25) is 0 Å². The number of anilines is 2. The average Bonchev–Trinajstić information content (AvgIpc) is 2.64. The second-order valence-electron chi connectivity index (χ2n) is 5.93. The number of methoxy groups -OCH3 is 1. The fourth-order valence-corrected chi connectivity index (χ4v) is 3.21. The summed E-state index contributed by atoms with van der Waals surface area (Å²) in [6.07, 6.45) is -3.61. The maximum Gasteiger partial charge on any atom is 0.416 e. The lowest BCUT2D eigenvalue weighted by molar-refractivity contribution is -0.137. The molecule has 0 saturated carbocycles. The highest BCUT2D eigenvalue weighted by Crippen LogP contribution is 2.29. The number of nitrogens with zero attached hydrogens (tertiary/aromatic N) is 1.